The lowest BCUT2D eigenvalue weighted by Gasteiger charge is -2.16. The molecule has 1 aliphatic carbocycles. The molecule has 2 atom stereocenters. The monoisotopic (exact) mass is 246 g/mol. The van der Waals surface area contributed by atoms with Crippen molar-refractivity contribution in [3.05, 3.63) is 0 Å². The van der Waals surface area contributed by atoms with Crippen LogP contribution in [0, 0.1) is 0 Å². The molecule has 4 N–H and O–H groups in total. The smallest absolute Gasteiger partial charge is 0.234 e. The molecule has 16 heavy (non-hydrogen) atoms. The molecule has 0 aromatic rings. The van der Waals surface area contributed by atoms with Gasteiger partial charge >= 0.3 is 0 Å². The molecular weight excluding hydrogens is 224 g/mol. The summed E-state index contributed by atoms with van der Waals surface area (Å²) in [5.41, 5.74) is 5.34. The van der Waals surface area contributed by atoms with Crippen LogP contribution in [0.5, 0.6) is 0 Å². The number of hydrogen-bond acceptors (Lipinski definition) is 4. The number of nitrogens with two attached hydrogens (primary N) is 1. The van der Waals surface area contributed by atoms with E-state index in [1.54, 1.807) is 11.8 Å². The topological polar surface area (TPSA) is 75.3 Å². The van der Waals surface area contributed by atoms with E-state index in [-0.39, 0.29) is 18.6 Å². The van der Waals surface area contributed by atoms with Crippen LogP contribution < -0.4 is 11.1 Å². The van der Waals surface area contributed by atoms with Crippen molar-refractivity contribution in [2.45, 2.75) is 49.9 Å². The van der Waals surface area contributed by atoms with Gasteiger partial charge in [0.1, 0.15) is 0 Å². The predicted octanol–water partition coefficient (Wildman–Crippen LogP) is 0.487. The molecule has 0 aromatic carbocycles. The van der Waals surface area contributed by atoms with Crippen molar-refractivity contribution >= 4 is 17.7 Å². The fourth-order valence-corrected chi connectivity index (χ4v) is 2.54. The second-order valence-corrected chi connectivity index (χ2v) is 5.92. The normalized spacial score (nSPS) is 19.4. The van der Waals surface area contributed by atoms with Gasteiger partial charge in [-0.15, -0.1) is 0 Å². The fourth-order valence-electron chi connectivity index (χ4n) is 1.49. The highest BCUT2D eigenvalue weighted by Crippen LogP contribution is 2.21. The number of rotatable bonds is 9. The molecule has 1 rings (SSSR count). The molecule has 0 aliphatic heterocycles. The Balaban J connectivity index is 2.13. The van der Waals surface area contributed by atoms with Gasteiger partial charge in [-0.1, -0.05) is 6.92 Å². The number of carbonyl (C=O) groups is 1. The minimum atomic E-state index is -0.248. The van der Waals surface area contributed by atoms with Gasteiger partial charge in [0.15, 0.2) is 0 Å². The molecule has 1 fully saturated rings. The van der Waals surface area contributed by atoms with Crippen molar-refractivity contribution in [3.8, 4) is 0 Å². The Kier molecular flexibility index (Phi) is 6.16. The summed E-state index contributed by atoms with van der Waals surface area (Å²) in [7, 11) is 0. The summed E-state index contributed by atoms with van der Waals surface area (Å²) in [6, 6.07) is 0.332. The minimum Gasteiger partial charge on any atom is -0.396 e. The minimum absolute atomic E-state index is 0.179. The first-order chi connectivity index (χ1) is 7.63. The van der Waals surface area contributed by atoms with Gasteiger partial charge in [-0.25, -0.2) is 0 Å². The summed E-state index contributed by atoms with van der Waals surface area (Å²) >= 11 is 1.79. The maximum atomic E-state index is 11.2. The number of amides is 1. The number of aliphatic hydroxyl groups is 1. The summed E-state index contributed by atoms with van der Waals surface area (Å²) in [6.07, 6.45) is 3.92. The molecule has 2 unspecified atom stereocenters. The van der Waals surface area contributed by atoms with Crippen LogP contribution in [-0.4, -0.2) is 40.7 Å². The van der Waals surface area contributed by atoms with Gasteiger partial charge in [-0.3, -0.25) is 4.79 Å². The summed E-state index contributed by atoms with van der Waals surface area (Å²) < 4.78 is 0. The van der Waals surface area contributed by atoms with E-state index < -0.39 is 0 Å². The van der Waals surface area contributed by atoms with Crippen LogP contribution in [-0.2, 0) is 4.79 Å². The molecule has 1 amide bonds. The average Bonchev–Trinajstić information content (AvgIpc) is 3.00. The summed E-state index contributed by atoms with van der Waals surface area (Å²) in [5.74, 6) is 0.663. The van der Waals surface area contributed by atoms with E-state index in [0.717, 1.165) is 31.4 Å². The van der Waals surface area contributed by atoms with E-state index in [4.69, 9.17) is 10.8 Å². The Morgan fingerprint density at radius 2 is 2.25 bits per heavy atom. The van der Waals surface area contributed by atoms with Crippen LogP contribution >= 0.6 is 11.8 Å². The zero-order chi connectivity index (χ0) is 12.0. The second-order valence-electron chi connectivity index (χ2n) is 4.38. The lowest BCUT2D eigenvalue weighted by Crippen LogP contribution is -2.42. The molecule has 4 nitrogen and oxygen atoms in total. The van der Waals surface area contributed by atoms with Gasteiger partial charge in [-0.2, -0.15) is 11.8 Å². The summed E-state index contributed by atoms with van der Waals surface area (Å²) in [6.45, 7) is 2.32. The number of nitrogens with one attached hydrogen (secondary N) is 1. The average molecular weight is 246 g/mol. The molecule has 0 aromatic heterocycles. The first-order valence-corrected chi connectivity index (χ1v) is 6.96. The van der Waals surface area contributed by atoms with Crippen molar-refractivity contribution in [2.75, 3.05) is 12.4 Å². The van der Waals surface area contributed by atoms with Gasteiger partial charge in [0.25, 0.3) is 0 Å². The number of primary amides is 1. The van der Waals surface area contributed by atoms with E-state index >= 15 is 0 Å². The molecule has 94 valence electrons. The summed E-state index contributed by atoms with van der Waals surface area (Å²) in [4.78, 5) is 11.2. The lowest BCUT2D eigenvalue weighted by atomic mass is 10.2. The third kappa shape index (κ3) is 5.72. The quantitative estimate of drug-likeness (QED) is 0.553. The highest BCUT2D eigenvalue weighted by Gasteiger charge is 2.26. The SMILES string of the molecule is CC(CCO)SCCC(NC1CC1)C(N)=O. The molecule has 0 spiro atoms. The van der Waals surface area contributed by atoms with Crippen LogP contribution in [0.1, 0.15) is 32.6 Å². The fraction of sp³-hybridized carbons (Fsp3) is 0.909. The van der Waals surface area contributed by atoms with Crippen LogP contribution in [0.15, 0.2) is 0 Å². The van der Waals surface area contributed by atoms with Crippen LogP contribution in [0.4, 0.5) is 0 Å². The first kappa shape index (κ1) is 13.8. The largest absolute Gasteiger partial charge is 0.396 e. The summed E-state index contributed by atoms with van der Waals surface area (Å²) in [5, 5.41) is 12.5. The molecule has 0 saturated heterocycles. The second kappa shape index (κ2) is 7.14. The Hall–Kier alpha value is -0.260. The van der Waals surface area contributed by atoms with E-state index in [2.05, 4.69) is 12.2 Å². The number of carbonyl (C=O) groups excluding carboxylic acids is 1. The van der Waals surface area contributed by atoms with E-state index in [0.29, 0.717) is 11.3 Å². The van der Waals surface area contributed by atoms with Crippen LogP contribution in [0.25, 0.3) is 0 Å². The molecule has 0 heterocycles. The number of aliphatic hydroxyl groups excluding tert-OH is 1. The number of thioether (sulfide) groups is 1. The molecule has 1 aliphatic rings. The van der Waals surface area contributed by atoms with Gasteiger partial charge < -0.3 is 16.2 Å². The van der Waals surface area contributed by atoms with Crippen molar-refractivity contribution in [3.63, 3.8) is 0 Å². The van der Waals surface area contributed by atoms with Gasteiger partial charge in [0.05, 0.1) is 6.04 Å². The molecule has 0 bridgehead atoms. The van der Waals surface area contributed by atoms with Gasteiger partial charge in [0, 0.05) is 17.9 Å². The molecule has 1 saturated carbocycles. The Morgan fingerprint density at radius 1 is 1.56 bits per heavy atom. The Bertz CT molecular complexity index is 222. The molecular formula is C11H22N2O2S. The van der Waals surface area contributed by atoms with E-state index in [9.17, 15) is 4.79 Å². The zero-order valence-electron chi connectivity index (χ0n) is 9.82. The predicted molar refractivity (Wildman–Crippen MR) is 67.4 cm³/mol. The lowest BCUT2D eigenvalue weighted by molar-refractivity contribution is -0.120. The van der Waals surface area contributed by atoms with E-state index in [1.165, 1.54) is 0 Å². The van der Waals surface area contributed by atoms with Crippen molar-refractivity contribution in [1.29, 1.82) is 0 Å². The Morgan fingerprint density at radius 3 is 2.75 bits per heavy atom. The Labute approximate surface area is 101 Å². The third-order valence-corrected chi connectivity index (χ3v) is 3.98. The maximum Gasteiger partial charge on any atom is 0.234 e. The highest BCUT2D eigenvalue weighted by molar-refractivity contribution is 7.99. The highest BCUT2D eigenvalue weighted by atomic mass is 32.2. The maximum absolute atomic E-state index is 11.2. The van der Waals surface area contributed by atoms with Crippen molar-refractivity contribution in [2.24, 2.45) is 5.73 Å². The van der Waals surface area contributed by atoms with E-state index in [1.807, 2.05) is 0 Å². The van der Waals surface area contributed by atoms with Crippen molar-refractivity contribution in [1.82, 2.24) is 5.32 Å². The number of hydrogen-bond donors (Lipinski definition) is 3. The zero-order valence-corrected chi connectivity index (χ0v) is 10.6. The van der Waals surface area contributed by atoms with Gasteiger partial charge in [0.2, 0.25) is 5.91 Å². The van der Waals surface area contributed by atoms with Crippen LogP contribution in [0.2, 0.25) is 0 Å². The van der Waals surface area contributed by atoms with Gasteiger partial charge in [-0.05, 0) is 31.4 Å². The first-order valence-electron chi connectivity index (χ1n) is 5.91. The standard InChI is InChI=1S/C11H22N2O2S/c1-8(4-6-14)16-7-5-10(11(12)15)13-9-2-3-9/h8-10,13-14H,2-7H2,1H3,(H2,12,15). The van der Waals surface area contributed by atoms with Crippen LogP contribution in [0.3, 0.4) is 0 Å². The van der Waals surface area contributed by atoms with Crippen molar-refractivity contribution < 1.29 is 9.90 Å². The molecule has 0 radical (unpaired) electrons. The molecule has 5 heteroatoms. The third-order valence-electron chi connectivity index (χ3n) is 2.70.